The number of amides is 1. The zero-order valence-electron chi connectivity index (χ0n) is 77.7. The number of carbonyl (C=O) groups excluding carboxylic acids is 1. The number of aliphatic carboxylic acids is 2. The molecule has 34 unspecified atom stereocenters. The molecule has 0 aliphatic heterocycles. The van der Waals surface area contributed by atoms with Crippen LogP contribution in [0, 0.1) is 185 Å². The predicted octanol–water partition coefficient (Wildman–Crippen LogP) is 26.3. The monoisotopic (exact) mass is 1850 g/mol. The van der Waals surface area contributed by atoms with Crippen LogP contribution in [0.3, 0.4) is 0 Å². The Hall–Kier alpha value is -2.88. The molecule has 127 heavy (non-hydrogen) atoms. The second-order valence-electron chi connectivity index (χ2n) is 48.2. The Morgan fingerprint density at radius 1 is 0.346 bits per heavy atom. The van der Waals surface area contributed by atoms with Crippen LogP contribution in [-0.4, -0.2) is 123 Å². The first kappa shape index (κ1) is 102. The lowest BCUT2D eigenvalue weighted by Gasteiger charge is -2.64. The summed E-state index contributed by atoms with van der Waals surface area (Å²) in [6, 6.07) is 0. The Balaban J connectivity index is 0.000000145. The third-order valence-corrected chi connectivity index (χ3v) is 42.6. The minimum atomic E-state index is -4.14. The normalized spacial score (nSPS) is 46.7. The number of rotatable bonds is 19. The van der Waals surface area contributed by atoms with Gasteiger partial charge in [0.15, 0.2) is 0 Å². The third-order valence-electron chi connectivity index (χ3n) is 41.8. The van der Waals surface area contributed by atoms with Crippen LogP contribution in [0.1, 0.15) is 340 Å². The number of fused-ring (bicyclic) bond motifs is 20. The molecule has 0 spiro atoms. The van der Waals surface area contributed by atoms with E-state index in [-0.39, 0.29) is 194 Å². The highest BCUT2D eigenvalue weighted by atomic mass is 32.2. The first-order chi connectivity index (χ1) is 58.3. The van der Waals surface area contributed by atoms with Crippen LogP contribution < -0.4 is 5.32 Å². The Labute approximate surface area is 745 Å². The second kappa shape index (κ2) is 35.3. The molecule has 16 fully saturated rings. The first-order valence-electron chi connectivity index (χ1n) is 49.3. The van der Waals surface area contributed by atoms with Crippen molar-refractivity contribution in [1.82, 2.24) is 5.32 Å². The molecule has 0 aromatic rings. The van der Waals surface area contributed by atoms with Gasteiger partial charge in [0.05, 0.1) is 18.0 Å². The molecule has 0 aromatic heterocycles. The van der Waals surface area contributed by atoms with E-state index in [1.165, 1.54) is 0 Å². The molecule has 28 heteroatoms. The maximum absolute atomic E-state index is 15.8. The van der Waals surface area contributed by atoms with Gasteiger partial charge in [-0.05, 0) is 323 Å². The summed E-state index contributed by atoms with van der Waals surface area (Å²) in [4.78, 5) is 34.2. The summed E-state index contributed by atoms with van der Waals surface area (Å²) in [7, 11) is -4.14. The fourth-order valence-electron chi connectivity index (χ4n) is 35.0. The number of carboxylic acids is 2. The molecule has 16 aliphatic carbocycles. The van der Waals surface area contributed by atoms with E-state index in [2.05, 4.69) is 53.8 Å². The molecule has 16 saturated carbocycles. The molecule has 0 bridgehead atoms. The molecule has 16 aliphatic rings. The highest BCUT2D eigenvalue weighted by Gasteiger charge is 2.76. The van der Waals surface area contributed by atoms with Gasteiger partial charge in [-0.2, -0.15) is 8.42 Å². The molecule has 0 radical (unpaired) electrons. The van der Waals surface area contributed by atoms with Gasteiger partial charge in [0.2, 0.25) is 29.6 Å². The third kappa shape index (κ3) is 19.0. The molecule has 0 aromatic carbocycles. The topological polar surface area (TPSA) is 199 Å². The zero-order chi connectivity index (χ0) is 93.9. The number of carboxylic acid groups (broad SMARTS) is 2. The van der Waals surface area contributed by atoms with Gasteiger partial charge >= 0.3 is 11.9 Å². The van der Waals surface area contributed by atoms with Gasteiger partial charge in [0, 0.05) is 127 Å². The largest absolute Gasteiger partial charge is 0.481 e. The number of halogens is 16. The molecule has 732 valence electrons. The smallest absolute Gasteiger partial charge is 0.303 e. The molecule has 16 rings (SSSR count). The molecular formula is C99H153F16NO10S. The molecule has 6 N–H and O–H groups in total. The van der Waals surface area contributed by atoms with E-state index < -0.39 is 188 Å². The van der Waals surface area contributed by atoms with Crippen molar-refractivity contribution >= 4 is 28.0 Å². The van der Waals surface area contributed by atoms with E-state index in [0.717, 1.165) is 70.6 Å². The lowest BCUT2D eigenvalue weighted by molar-refractivity contribution is -0.266. The van der Waals surface area contributed by atoms with Crippen molar-refractivity contribution in [2.75, 3.05) is 12.3 Å². The molecule has 1 amide bonds. The summed E-state index contributed by atoms with van der Waals surface area (Å²) >= 11 is 0. The van der Waals surface area contributed by atoms with E-state index in [1.54, 1.807) is 0 Å². The second-order valence-corrected chi connectivity index (χ2v) is 49.8. The number of aliphatic hydroxyl groups is 2. The fraction of sp³-hybridized carbons (Fsp3) is 0.970. The van der Waals surface area contributed by atoms with Crippen LogP contribution in [0.5, 0.6) is 0 Å². The lowest BCUT2D eigenvalue weighted by Crippen LogP contribution is -2.64. The van der Waals surface area contributed by atoms with Gasteiger partial charge in [-0.3, -0.25) is 18.9 Å². The Kier molecular flexibility index (Phi) is 28.2. The minimum absolute atomic E-state index is 0.00883. The van der Waals surface area contributed by atoms with E-state index in [1.807, 2.05) is 41.5 Å². The number of alkyl halides is 16. The van der Waals surface area contributed by atoms with Crippen LogP contribution in [0.2, 0.25) is 0 Å². The van der Waals surface area contributed by atoms with Crippen LogP contribution in [0.4, 0.5) is 70.2 Å². The molecule has 0 heterocycles. The van der Waals surface area contributed by atoms with Gasteiger partial charge in [-0.1, -0.05) is 83.1 Å². The van der Waals surface area contributed by atoms with E-state index in [0.29, 0.717) is 82.5 Å². The van der Waals surface area contributed by atoms with Gasteiger partial charge in [-0.15, -0.1) is 0 Å². The SMILES string of the molecule is CC(CCC(=O)NCCS(=O)(=O)O)C1CCC2C3C(CCC12C)C1(C)CCC(F)(F)CC1CC3(F)F.CC(CCC(=O)O)C1CCC2C3C(CC(O)C12C)C1(C)CCC(F)(F)CC1CC3(F)F.CC(CCC(=O)O)C1CCC2C3C(CCC12C)C1(C)CCC(F)(F)CC1CC3(F)F.CC(O)CCC(C)C1CCC2C3C(CCC12C)C1(C)CCC(F)(F)CC1CC3(F)F. The van der Waals surface area contributed by atoms with Gasteiger partial charge in [-0.25, -0.2) is 70.2 Å². The van der Waals surface area contributed by atoms with Crippen molar-refractivity contribution in [2.24, 2.45) is 185 Å². The number of nitrogens with one attached hydrogen (secondary N) is 1. The van der Waals surface area contributed by atoms with Gasteiger partial charge < -0.3 is 25.7 Å². The average molecular weight is 1850 g/mol. The fourth-order valence-corrected chi connectivity index (χ4v) is 35.3. The van der Waals surface area contributed by atoms with Gasteiger partial charge in [0.25, 0.3) is 33.8 Å². The van der Waals surface area contributed by atoms with Crippen molar-refractivity contribution in [2.45, 2.75) is 400 Å². The standard InChI is InChI=1S/C26H41F4NO4S.C25H40F4O.C24H36F4O3.C24H36F4O2/c1-16(4-7-21(32)31-12-13-36(33,34)35)18-5-6-19-22-20(8-9-24(18,19)3)23(2)10-11-25(27,28)14-17(23)15-26(22,29)30;1-15(5-6-16(2)30)18-7-8-19-21-20(9-10-23(18,19)4)22(3)11-12-24(26,27)13-17(22)14-25(21,28)29;1-13(4-7-19(30)31)15-5-6-16-20-17(10-18(29)22(15,16)3)21(2)8-9-23(25,26)11-14(21)12-24(20,27)28;1-14(4-7-19(29)30)16-5-6-17-20-18(8-9-22(16,17)3)21(2)10-11-23(25,26)12-15(21)13-24(20,27)28/h16-20,22H,4-15H2,1-3H3,(H,31,32)(H,33,34,35);15-21,30H,5-14H2,1-4H3;13-18,20,29H,4-12H2,1-3H3,(H,30,31);14-18,20H,4-13H2,1-3H3,(H,29,30). The average Bonchev–Trinajstić information content (AvgIpc) is 1.72. The molecule has 34 atom stereocenters. The van der Waals surface area contributed by atoms with Crippen LogP contribution >= 0.6 is 0 Å². The Morgan fingerprint density at radius 2 is 0.622 bits per heavy atom. The summed E-state index contributed by atoms with van der Waals surface area (Å²) in [5, 5.41) is 41.6. The predicted molar refractivity (Wildman–Crippen MR) is 453 cm³/mol. The van der Waals surface area contributed by atoms with E-state index in [4.69, 9.17) is 14.8 Å². The first-order valence-corrected chi connectivity index (χ1v) is 51.0. The van der Waals surface area contributed by atoms with Crippen LogP contribution in [0.25, 0.3) is 0 Å². The Bertz CT molecular complexity index is 4030. The zero-order valence-corrected chi connectivity index (χ0v) is 78.6. The summed E-state index contributed by atoms with van der Waals surface area (Å²) in [6.07, 6.45) is 11.0. The van der Waals surface area contributed by atoms with E-state index in [9.17, 15) is 68.1 Å². The Morgan fingerprint density at radius 3 is 0.937 bits per heavy atom. The molecule has 0 saturated heterocycles. The highest BCUT2D eigenvalue weighted by molar-refractivity contribution is 7.85. The lowest BCUT2D eigenvalue weighted by atomic mass is 9.42. The number of carbonyl (C=O) groups is 3. The number of hydrogen-bond donors (Lipinski definition) is 6. The van der Waals surface area contributed by atoms with Crippen molar-refractivity contribution in [3.8, 4) is 0 Å². The minimum Gasteiger partial charge on any atom is -0.481 e. The quantitative estimate of drug-likeness (QED) is 0.0534. The summed E-state index contributed by atoms with van der Waals surface area (Å²) in [6.45, 7) is 26.4. The highest BCUT2D eigenvalue weighted by Crippen LogP contribution is 2.78. The number of hydrogen-bond acceptors (Lipinski definition) is 7. The van der Waals surface area contributed by atoms with Gasteiger partial charge in [0.1, 0.15) is 0 Å². The summed E-state index contributed by atoms with van der Waals surface area (Å²) < 4.78 is 269. The van der Waals surface area contributed by atoms with Crippen molar-refractivity contribution in [3.05, 3.63) is 0 Å². The van der Waals surface area contributed by atoms with Crippen LogP contribution in [0.15, 0.2) is 0 Å². The van der Waals surface area contributed by atoms with Crippen molar-refractivity contribution < 1.29 is 118 Å². The van der Waals surface area contributed by atoms with Crippen LogP contribution in [-0.2, 0) is 24.5 Å². The molecular weight excluding hydrogens is 1700 g/mol. The summed E-state index contributed by atoms with van der Waals surface area (Å²) in [5.74, 6) is -31.1. The maximum atomic E-state index is 15.8. The summed E-state index contributed by atoms with van der Waals surface area (Å²) in [5.41, 5.74) is -3.09. The number of aliphatic hydroxyl groups excluding tert-OH is 2. The molecule has 11 nitrogen and oxygen atoms in total. The van der Waals surface area contributed by atoms with Crippen molar-refractivity contribution in [1.29, 1.82) is 0 Å². The van der Waals surface area contributed by atoms with Crippen molar-refractivity contribution in [3.63, 3.8) is 0 Å². The maximum Gasteiger partial charge on any atom is 0.303 e. The van der Waals surface area contributed by atoms with E-state index >= 15 is 35.1 Å².